The Morgan fingerprint density at radius 1 is 0.0903 bits per heavy atom. The summed E-state index contributed by atoms with van der Waals surface area (Å²) < 4.78 is 506. The fourth-order valence-electron chi connectivity index (χ4n) is 19.4. The minimum atomic E-state index is -1.03. The van der Waals surface area contributed by atoms with Crippen molar-refractivity contribution in [2.24, 2.45) is 0 Å². The van der Waals surface area contributed by atoms with Gasteiger partial charge in [-0.1, -0.05) is 545 Å². The molecule has 0 fully saturated rings. The third-order valence-corrected chi connectivity index (χ3v) is 26.2. The first-order valence-electron chi connectivity index (χ1n) is 73.5. The van der Waals surface area contributed by atoms with Gasteiger partial charge >= 0.3 is 0 Å². The summed E-state index contributed by atoms with van der Waals surface area (Å²) in [6, 6.07) is 24.9. The van der Waals surface area contributed by atoms with Crippen LogP contribution in [0.25, 0.3) is 295 Å². The average molecular weight is 1880 g/mol. The average Bonchev–Trinajstić information content (AvgIpc) is 0.666. The summed E-state index contributed by atoms with van der Waals surface area (Å²) in [5.74, 6) is 0. The van der Waals surface area contributed by atoms with Crippen LogP contribution in [0, 0.1) is 0 Å². The highest BCUT2D eigenvalue weighted by molar-refractivity contribution is 6.31. The molecule has 30 aromatic carbocycles. The van der Waals surface area contributed by atoms with E-state index in [1.54, 1.807) is 12.1 Å². The monoisotopic (exact) mass is 1880 g/mol. The van der Waals surface area contributed by atoms with Crippen LogP contribution in [0.1, 0.15) is 76.8 Å². The molecule has 0 aliphatic heterocycles. The summed E-state index contributed by atoms with van der Waals surface area (Å²) in [5, 5.41) is 0.283. The molecule has 0 saturated carbocycles. The molecule has 0 bridgehead atoms. The van der Waals surface area contributed by atoms with Crippen LogP contribution in [0.3, 0.4) is 0 Å². The molecule has 30 rings (SSSR count). The van der Waals surface area contributed by atoms with Crippen LogP contribution in [0.15, 0.2) is 545 Å². The van der Waals surface area contributed by atoms with Crippen molar-refractivity contribution in [3.63, 3.8) is 0 Å². The molecule has 0 unspecified atom stereocenters. The molecular formula is C144H90. The Balaban J connectivity index is 0.000000135. The van der Waals surface area contributed by atoms with Gasteiger partial charge in [0.05, 0.1) is 76.8 Å². The number of rotatable bonds is 12. The molecular weight excluding hydrogens is 1730 g/mol. The second-order valence-electron chi connectivity index (χ2n) is 34.1. The second-order valence-corrected chi connectivity index (χ2v) is 34.1. The van der Waals surface area contributed by atoms with Crippen molar-refractivity contribution in [2.75, 3.05) is 0 Å². The molecule has 30 aromatic rings. The van der Waals surface area contributed by atoms with Gasteiger partial charge in [-0.3, -0.25) is 0 Å². The highest BCUT2D eigenvalue weighted by atomic mass is 14.3. The molecule has 144 heavy (non-hydrogen) atoms. The molecule has 0 amide bonds. The Hall–Kier alpha value is -18.7. The zero-order valence-corrected chi connectivity index (χ0v) is 74.6. The van der Waals surface area contributed by atoms with Gasteiger partial charge in [0, 0.05) is 0 Å². The van der Waals surface area contributed by atoms with Gasteiger partial charge in [-0.05, 0) is 295 Å². The van der Waals surface area contributed by atoms with Crippen LogP contribution in [0.5, 0.6) is 0 Å². The van der Waals surface area contributed by atoms with Crippen molar-refractivity contribution in [1.29, 1.82) is 0 Å². The summed E-state index contributed by atoms with van der Waals surface area (Å²) in [5.41, 5.74) is 0.136. The van der Waals surface area contributed by atoms with Crippen LogP contribution in [0.2, 0.25) is 0 Å². The molecule has 666 valence electrons. The highest BCUT2D eigenvalue weighted by Crippen LogP contribution is 2.50. The van der Waals surface area contributed by atoms with Gasteiger partial charge in [-0.15, -0.1) is 0 Å². The number of hydrogen-bond acceptors (Lipinski definition) is 0. The maximum Gasteiger partial charge on any atom is 0.0630 e. The van der Waals surface area contributed by atoms with Crippen LogP contribution in [-0.4, -0.2) is 0 Å². The molecule has 0 aliphatic rings. The number of fused-ring (bicyclic) bond motifs is 6. The Bertz CT molecular complexity index is 13700. The van der Waals surface area contributed by atoms with E-state index >= 15 is 0 Å². The second kappa shape index (κ2) is 34.7. The van der Waals surface area contributed by atoms with E-state index in [1.165, 1.54) is 0 Å². The van der Waals surface area contributed by atoms with Gasteiger partial charge < -0.3 is 0 Å². The van der Waals surface area contributed by atoms with E-state index in [-0.39, 0.29) is 119 Å². The van der Waals surface area contributed by atoms with E-state index in [1.807, 2.05) is 140 Å². The summed E-state index contributed by atoms with van der Waals surface area (Å²) >= 11 is 0. The molecule has 0 aliphatic carbocycles. The number of benzene rings is 30. The van der Waals surface area contributed by atoms with Gasteiger partial charge in [0.15, 0.2) is 0 Å². The largest absolute Gasteiger partial charge is 0.0630 e. The van der Waals surface area contributed by atoms with Gasteiger partial charge in [0.25, 0.3) is 0 Å². The van der Waals surface area contributed by atoms with Crippen molar-refractivity contribution in [3.05, 3.63) is 545 Å². The van der Waals surface area contributed by atoms with Crippen molar-refractivity contribution < 1.29 is 76.8 Å². The van der Waals surface area contributed by atoms with Gasteiger partial charge in [-0.2, -0.15) is 0 Å². The maximum absolute atomic E-state index is 9.63. The van der Waals surface area contributed by atoms with E-state index in [0.717, 1.165) is 71.8 Å². The van der Waals surface area contributed by atoms with E-state index in [4.69, 9.17) is 35.6 Å². The van der Waals surface area contributed by atoms with Gasteiger partial charge in [0.2, 0.25) is 0 Å². The first kappa shape index (κ1) is 44.6. The molecule has 0 atom stereocenters. The predicted octanol–water partition coefficient (Wildman–Crippen LogP) is 40.7. The fraction of sp³-hybridized carbons (Fsp3) is 0. The van der Waals surface area contributed by atoms with E-state index in [0.29, 0.717) is 27.5 Å². The van der Waals surface area contributed by atoms with Crippen molar-refractivity contribution in [1.82, 2.24) is 0 Å². The molecule has 0 radical (unpaired) electrons. The van der Waals surface area contributed by atoms with E-state index < -0.39 is 421 Å². The first-order valence-corrected chi connectivity index (χ1v) is 45.5. The summed E-state index contributed by atoms with van der Waals surface area (Å²) in [6.45, 7) is 0. The van der Waals surface area contributed by atoms with E-state index in [2.05, 4.69) is 48.5 Å². The van der Waals surface area contributed by atoms with Crippen molar-refractivity contribution in [3.8, 4) is 134 Å². The molecule has 0 heteroatoms. The van der Waals surface area contributed by atoms with Gasteiger partial charge in [-0.25, -0.2) is 0 Å². The fourth-order valence-corrected chi connectivity index (χ4v) is 19.4. The Kier molecular flexibility index (Phi) is 10.8. The normalized spacial score (nSPS) is 17.2. The Labute approximate surface area is 913 Å². The van der Waals surface area contributed by atoms with Crippen LogP contribution >= 0.6 is 0 Å². The van der Waals surface area contributed by atoms with Gasteiger partial charge in [0.1, 0.15) is 0 Å². The zero-order chi connectivity index (χ0) is 144. The topological polar surface area (TPSA) is 0 Å². The maximum atomic E-state index is 9.63. The molecule has 0 heterocycles. The highest BCUT2D eigenvalue weighted by Gasteiger charge is 2.23. The van der Waals surface area contributed by atoms with Crippen LogP contribution in [-0.2, 0) is 0 Å². The first-order chi connectivity index (χ1) is 94.8. The minimum Gasteiger partial charge on any atom is -0.0616 e. The molecule has 0 N–H and O–H groups in total. The lowest BCUT2D eigenvalue weighted by Gasteiger charge is -2.17. The van der Waals surface area contributed by atoms with Crippen molar-refractivity contribution in [2.45, 2.75) is 0 Å². The predicted molar refractivity (Wildman–Crippen MR) is 621 cm³/mol. The summed E-state index contributed by atoms with van der Waals surface area (Å²) in [4.78, 5) is 0. The third-order valence-electron chi connectivity index (χ3n) is 26.2. The van der Waals surface area contributed by atoms with Crippen LogP contribution in [0.4, 0.5) is 0 Å². The Morgan fingerprint density at radius 3 is 0.562 bits per heavy atom. The standard InChI is InChI=1S/3C48H30/c3*1-3-11-39-31(7-1)9-5-13-41(39)33-15-19-35(20-16-33)43-27-25-37-23-24-38-26-28-44(46-30-29-45(43)47(37)48(38)46)36-21-17-34(18-22-36)42-14-6-10-32-8-2-4-12-40(32)42/h3*1-30H/i1D,2D,3D,4D,5D,6D,7D,8D,9D,10D,11D,12D,13D,15D,16D,17D,18D,19D,20D,21D,22D,23D,24D,25D,26D,27D,28D,29D,30D;1D,3D,5D,7D,9D,11D,13D,15D,16D,19D,20D,23D,24D,25D,26D,27D,28D,29D,30D;23D,24D,25D,26D,27D,28D,29D,30D. The van der Waals surface area contributed by atoms with Crippen LogP contribution < -0.4 is 0 Å². The third kappa shape index (κ3) is 14.3. The molecule has 0 saturated heterocycles. The van der Waals surface area contributed by atoms with Crippen molar-refractivity contribution >= 4 is 162 Å². The summed E-state index contributed by atoms with van der Waals surface area (Å²) in [7, 11) is 0. The molecule has 0 nitrogen and oxygen atoms in total. The smallest absolute Gasteiger partial charge is 0.0616 e. The Morgan fingerprint density at radius 2 is 0.285 bits per heavy atom. The summed E-state index contributed by atoms with van der Waals surface area (Å²) in [6.07, 6.45) is 0. The zero-order valence-electron chi connectivity index (χ0n) is 131. The quantitative estimate of drug-likeness (QED) is 0.107. The lowest BCUT2D eigenvalue weighted by molar-refractivity contribution is 1.62. The SMILES string of the molecule is [2H]c1c([2H])c(-c2c([2H])c([2H])c3c([2H])c([2H])c4c([2H])c([2H])c(-c5ccc(-c6cccc7ccccc67)cc5)c5c([2H])c([2H])c2c3c45)c([2H])c([2H])c1-c1c([2H])c([2H])c([2H])c2c([2H])c([2H])c([2H])c([2H])c12.[2H]c1c([2H])c2c([2H])c([2H])c3c([2H])c([2H])c(-c4ccc(-c5cccc6ccccc56)cc4)c4c([2H])c([2H])c(c1-c1ccc(-c5cccc6ccccc56)cc1)c2c34.[2H]c1cc(-c2c([2H])c([2H])c(-c3c([2H])c([2H])c4c([2H])c([2H])c5c([2H])c([2H])c(-c6c([2H])c([2H])c(-c7c([2H])c([2H])c([2H])c8c([2H])c([2H])c([2H])c([2H])c78)c([2H])c6[2H])c6c([2H])c([2H])c3c4c56)c([2H])c2[2H])c2c([2H])c([2H])c([2H])c([2H])c2c1[2H]. The minimum absolute atomic E-state index is 0.0338. The lowest BCUT2D eigenvalue weighted by Crippen LogP contribution is -1.90. The van der Waals surface area contributed by atoms with E-state index in [9.17, 15) is 41.1 Å². The number of hydrogen-bond donors (Lipinski definition) is 0. The molecule has 0 aromatic heterocycles. The molecule has 0 spiro atoms. The lowest BCUT2D eigenvalue weighted by atomic mass is 9.86.